The molecule has 1 aromatic heterocycles. The van der Waals surface area contributed by atoms with E-state index in [1.807, 2.05) is 6.07 Å². The van der Waals surface area contributed by atoms with Gasteiger partial charge in [-0.3, -0.25) is 4.57 Å². The second kappa shape index (κ2) is 5.10. The molecule has 0 aliphatic rings. The van der Waals surface area contributed by atoms with Crippen LogP contribution >= 0.6 is 0 Å². The van der Waals surface area contributed by atoms with E-state index in [0.717, 1.165) is 23.3 Å². The number of fused-ring (bicyclic) bond motifs is 1. The lowest BCUT2D eigenvalue weighted by Gasteiger charge is -2.13. The van der Waals surface area contributed by atoms with Crippen molar-refractivity contribution in [3.05, 3.63) is 59.4 Å². The van der Waals surface area contributed by atoms with E-state index >= 15 is 0 Å². The number of hydrogen-bond donors (Lipinski definition) is 1. The first-order valence-corrected chi connectivity index (χ1v) is 6.95. The first-order chi connectivity index (χ1) is 9.72. The molecule has 0 aliphatic heterocycles. The molecule has 0 unspecified atom stereocenters. The van der Waals surface area contributed by atoms with Crippen molar-refractivity contribution in [1.82, 2.24) is 9.55 Å². The van der Waals surface area contributed by atoms with E-state index < -0.39 is 0 Å². The van der Waals surface area contributed by atoms with Crippen molar-refractivity contribution in [2.24, 2.45) is 5.73 Å². The van der Waals surface area contributed by atoms with Gasteiger partial charge in [-0.1, -0.05) is 24.3 Å². The second-order valence-corrected chi connectivity index (χ2v) is 5.11. The standard InChI is InChI=1S/C17H19N3/c1-12-6-5-9-15(13(12)2)20-16-8-4-3-7-14(16)19-17(20)10-11-18/h3-9H,10-11,18H2,1-2H3. The van der Waals surface area contributed by atoms with Crippen molar-refractivity contribution in [3.63, 3.8) is 0 Å². The van der Waals surface area contributed by atoms with Gasteiger partial charge in [-0.25, -0.2) is 4.98 Å². The molecule has 0 spiro atoms. The van der Waals surface area contributed by atoms with Crippen LogP contribution in [0.4, 0.5) is 0 Å². The fourth-order valence-electron chi connectivity index (χ4n) is 2.62. The number of benzene rings is 2. The van der Waals surface area contributed by atoms with Crippen LogP contribution in [-0.4, -0.2) is 16.1 Å². The van der Waals surface area contributed by atoms with Gasteiger partial charge < -0.3 is 5.73 Å². The lowest BCUT2D eigenvalue weighted by molar-refractivity contribution is 0.844. The Bertz CT molecular complexity index is 756. The van der Waals surface area contributed by atoms with Crippen molar-refractivity contribution in [1.29, 1.82) is 0 Å². The van der Waals surface area contributed by atoms with Crippen molar-refractivity contribution in [3.8, 4) is 5.69 Å². The van der Waals surface area contributed by atoms with Crippen LogP contribution < -0.4 is 5.73 Å². The van der Waals surface area contributed by atoms with E-state index in [1.165, 1.54) is 16.8 Å². The topological polar surface area (TPSA) is 43.8 Å². The molecule has 2 N–H and O–H groups in total. The SMILES string of the molecule is Cc1cccc(-n2c(CCN)nc3ccccc32)c1C. The highest BCUT2D eigenvalue weighted by atomic mass is 15.1. The Morgan fingerprint density at radius 1 is 1.05 bits per heavy atom. The van der Waals surface area contributed by atoms with Crippen molar-refractivity contribution < 1.29 is 0 Å². The number of hydrogen-bond acceptors (Lipinski definition) is 2. The number of nitrogens with two attached hydrogens (primary N) is 1. The first-order valence-electron chi connectivity index (χ1n) is 6.95. The Morgan fingerprint density at radius 3 is 2.65 bits per heavy atom. The molecule has 0 bridgehead atoms. The van der Waals surface area contributed by atoms with Gasteiger partial charge in [0.05, 0.1) is 16.7 Å². The maximum atomic E-state index is 5.74. The Labute approximate surface area is 119 Å². The molecule has 0 atom stereocenters. The highest BCUT2D eigenvalue weighted by Gasteiger charge is 2.13. The Morgan fingerprint density at radius 2 is 1.85 bits per heavy atom. The van der Waals surface area contributed by atoms with E-state index in [-0.39, 0.29) is 0 Å². The lowest BCUT2D eigenvalue weighted by Crippen LogP contribution is -2.10. The summed E-state index contributed by atoms with van der Waals surface area (Å²) in [5.41, 5.74) is 11.7. The zero-order valence-corrected chi connectivity index (χ0v) is 11.9. The van der Waals surface area contributed by atoms with Gasteiger partial charge in [-0.05, 0) is 49.7 Å². The average molecular weight is 265 g/mol. The molecule has 0 saturated carbocycles. The van der Waals surface area contributed by atoms with Gasteiger partial charge in [-0.15, -0.1) is 0 Å². The van der Waals surface area contributed by atoms with Crippen LogP contribution in [0.2, 0.25) is 0 Å². The lowest BCUT2D eigenvalue weighted by atomic mass is 10.1. The largest absolute Gasteiger partial charge is 0.330 e. The highest BCUT2D eigenvalue weighted by molar-refractivity contribution is 5.78. The molecule has 0 fully saturated rings. The Kier molecular flexibility index (Phi) is 3.28. The maximum Gasteiger partial charge on any atom is 0.115 e. The molecule has 2 aromatic carbocycles. The van der Waals surface area contributed by atoms with Gasteiger partial charge in [0.15, 0.2) is 0 Å². The summed E-state index contributed by atoms with van der Waals surface area (Å²) >= 11 is 0. The predicted molar refractivity (Wildman–Crippen MR) is 83.3 cm³/mol. The molecule has 3 nitrogen and oxygen atoms in total. The quantitative estimate of drug-likeness (QED) is 0.790. The average Bonchev–Trinajstić information content (AvgIpc) is 2.80. The molecular weight excluding hydrogens is 246 g/mol. The minimum atomic E-state index is 0.605. The summed E-state index contributed by atoms with van der Waals surface area (Å²) in [6.07, 6.45) is 0.780. The predicted octanol–water partition coefficient (Wildman–Crippen LogP) is 3.14. The molecule has 0 amide bonds. The van der Waals surface area contributed by atoms with E-state index in [1.54, 1.807) is 0 Å². The molecule has 20 heavy (non-hydrogen) atoms. The van der Waals surface area contributed by atoms with Crippen LogP contribution in [0.5, 0.6) is 0 Å². The van der Waals surface area contributed by atoms with E-state index in [9.17, 15) is 0 Å². The number of aromatic nitrogens is 2. The summed E-state index contributed by atoms with van der Waals surface area (Å²) < 4.78 is 2.24. The third-order valence-corrected chi connectivity index (χ3v) is 3.82. The number of aryl methyl sites for hydroxylation is 1. The van der Waals surface area contributed by atoms with Gasteiger partial charge in [0.2, 0.25) is 0 Å². The number of imidazole rings is 1. The van der Waals surface area contributed by atoms with Gasteiger partial charge in [-0.2, -0.15) is 0 Å². The van der Waals surface area contributed by atoms with Crippen LogP contribution in [0.1, 0.15) is 17.0 Å². The minimum Gasteiger partial charge on any atom is -0.330 e. The third-order valence-electron chi connectivity index (χ3n) is 3.82. The monoisotopic (exact) mass is 265 g/mol. The summed E-state index contributed by atoms with van der Waals surface area (Å²) in [4.78, 5) is 4.73. The normalized spacial score (nSPS) is 11.2. The smallest absolute Gasteiger partial charge is 0.115 e. The fraction of sp³-hybridized carbons (Fsp3) is 0.235. The van der Waals surface area contributed by atoms with Crippen molar-refractivity contribution in [2.45, 2.75) is 20.3 Å². The van der Waals surface area contributed by atoms with Gasteiger partial charge in [0.1, 0.15) is 5.82 Å². The summed E-state index contributed by atoms with van der Waals surface area (Å²) in [5, 5.41) is 0. The van der Waals surface area contributed by atoms with Crippen LogP contribution in [-0.2, 0) is 6.42 Å². The van der Waals surface area contributed by atoms with Crippen molar-refractivity contribution in [2.75, 3.05) is 6.54 Å². The van der Waals surface area contributed by atoms with Gasteiger partial charge in [0.25, 0.3) is 0 Å². The summed E-state index contributed by atoms with van der Waals surface area (Å²) in [7, 11) is 0. The molecular formula is C17H19N3. The number of para-hydroxylation sites is 2. The zero-order valence-electron chi connectivity index (χ0n) is 11.9. The summed E-state index contributed by atoms with van der Waals surface area (Å²) in [6.45, 7) is 4.90. The fourth-order valence-corrected chi connectivity index (χ4v) is 2.62. The first kappa shape index (κ1) is 12.9. The van der Waals surface area contributed by atoms with Crippen molar-refractivity contribution >= 4 is 11.0 Å². The van der Waals surface area contributed by atoms with E-state index in [0.29, 0.717) is 6.54 Å². The van der Waals surface area contributed by atoms with E-state index in [4.69, 9.17) is 10.7 Å². The number of nitrogens with zero attached hydrogens (tertiary/aromatic N) is 2. The van der Waals surface area contributed by atoms with Gasteiger partial charge >= 0.3 is 0 Å². The molecule has 3 rings (SSSR count). The molecule has 3 heteroatoms. The van der Waals surface area contributed by atoms with Crippen LogP contribution in [0.3, 0.4) is 0 Å². The molecule has 102 valence electrons. The summed E-state index contributed by atoms with van der Waals surface area (Å²) in [6, 6.07) is 14.6. The Hall–Kier alpha value is -2.13. The Balaban J connectivity index is 2.33. The molecule has 1 heterocycles. The molecule has 0 radical (unpaired) electrons. The number of rotatable bonds is 3. The van der Waals surface area contributed by atoms with Gasteiger partial charge in [0, 0.05) is 6.42 Å². The molecule has 3 aromatic rings. The van der Waals surface area contributed by atoms with Crippen LogP contribution in [0.15, 0.2) is 42.5 Å². The van der Waals surface area contributed by atoms with Crippen LogP contribution in [0, 0.1) is 13.8 Å². The maximum absolute atomic E-state index is 5.74. The third kappa shape index (κ3) is 2.00. The molecule has 0 aliphatic carbocycles. The second-order valence-electron chi connectivity index (χ2n) is 5.11. The van der Waals surface area contributed by atoms with Crippen LogP contribution in [0.25, 0.3) is 16.7 Å². The minimum absolute atomic E-state index is 0.605. The summed E-state index contributed by atoms with van der Waals surface area (Å²) in [5.74, 6) is 1.03. The molecule has 0 saturated heterocycles. The highest BCUT2D eigenvalue weighted by Crippen LogP contribution is 2.25. The zero-order chi connectivity index (χ0) is 14.1. The van der Waals surface area contributed by atoms with E-state index in [2.05, 4.69) is 54.8 Å².